The molecule has 1 fully saturated rings. The maximum Gasteiger partial charge on any atom is 0.335 e. The number of nitrogens with zero attached hydrogens (tertiary/aromatic N) is 3. The molecule has 1 N–H and O–H groups in total. The van der Waals surface area contributed by atoms with E-state index in [0.29, 0.717) is 18.7 Å². The van der Waals surface area contributed by atoms with Gasteiger partial charge in [-0.3, -0.25) is 4.79 Å². The first kappa shape index (κ1) is 25.3. The number of ether oxygens (including phenoxy) is 2. The van der Waals surface area contributed by atoms with E-state index in [4.69, 9.17) is 9.47 Å². The lowest BCUT2D eigenvalue weighted by atomic mass is 10.1. The van der Waals surface area contributed by atoms with Crippen LogP contribution >= 0.6 is 0 Å². The quantitative estimate of drug-likeness (QED) is 0.543. The molecule has 1 unspecified atom stereocenters. The first-order valence-electron chi connectivity index (χ1n) is 10.7. The van der Waals surface area contributed by atoms with Gasteiger partial charge in [0.2, 0.25) is 15.9 Å². The van der Waals surface area contributed by atoms with E-state index in [0.717, 1.165) is 21.9 Å². The Kier molecular flexibility index (Phi) is 8.00. The van der Waals surface area contributed by atoms with Gasteiger partial charge in [-0.25, -0.2) is 18.2 Å². The molecule has 0 aromatic heterocycles. The van der Waals surface area contributed by atoms with Crippen LogP contribution in [-0.4, -0.2) is 82.3 Å². The van der Waals surface area contributed by atoms with Crippen molar-refractivity contribution in [2.75, 3.05) is 47.2 Å². The Morgan fingerprint density at radius 2 is 1.59 bits per heavy atom. The molecule has 1 heterocycles. The number of benzene rings is 2. The van der Waals surface area contributed by atoms with Crippen LogP contribution in [0.3, 0.4) is 0 Å². The highest BCUT2D eigenvalue weighted by Crippen LogP contribution is 2.30. The van der Waals surface area contributed by atoms with E-state index < -0.39 is 27.7 Å². The number of methoxy groups -OCH3 is 2. The Labute approximate surface area is 200 Å². The lowest BCUT2D eigenvalue weighted by molar-refractivity contribution is -0.126. The minimum atomic E-state index is -4.05. The first-order valence-corrected chi connectivity index (χ1v) is 12.3. The Bertz CT molecular complexity index is 1100. The Hall–Kier alpha value is -3.31. The van der Waals surface area contributed by atoms with Gasteiger partial charge in [-0.2, -0.15) is 0 Å². The van der Waals surface area contributed by atoms with Crippen molar-refractivity contribution in [1.82, 2.24) is 19.6 Å². The molecule has 184 valence electrons. The van der Waals surface area contributed by atoms with Crippen molar-refractivity contribution in [1.29, 1.82) is 0 Å². The van der Waals surface area contributed by atoms with Gasteiger partial charge < -0.3 is 19.3 Å². The number of carbonyl (C=O) groups excluding carboxylic acids is 2. The zero-order valence-corrected chi connectivity index (χ0v) is 20.5. The molecule has 1 aliphatic rings. The molecular weight excluding hydrogens is 460 g/mol. The van der Waals surface area contributed by atoms with Gasteiger partial charge in [0.05, 0.1) is 26.8 Å². The highest BCUT2D eigenvalue weighted by molar-refractivity contribution is 7.90. The third kappa shape index (κ3) is 6.17. The molecule has 0 saturated carbocycles. The SMILES string of the molecule is COc1ccc(CCN2C(=O)N(NS(=O)(=O)CC(=O)N(C)C)CC2c2ccc(OC)cc2)cc1. The molecule has 0 aliphatic carbocycles. The van der Waals surface area contributed by atoms with E-state index in [9.17, 15) is 18.0 Å². The van der Waals surface area contributed by atoms with Gasteiger partial charge in [0.15, 0.2) is 0 Å². The van der Waals surface area contributed by atoms with Crippen molar-refractivity contribution in [3.05, 3.63) is 59.7 Å². The zero-order chi connectivity index (χ0) is 24.9. The molecule has 3 amide bonds. The van der Waals surface area contributed by atoms with Crippen molar-refractivity contribution in [3.63, 3.8) is 0 Å². The van der Waals surface area contributed by atoms with Crippen LogP contribution in [0.5, 0.6) is 11.5 Å². The summed E-state index contributed by atoms with van der Waals surface area (Å²) in [6, 6.07) is 14.0. The largest absolute Gasteiger partial charge is 0.497 e. The number of hydrogen-bond donors (Lipinski definition) is 1. The van der Waals surface area contributed by atoms with Gasteiger partial charge in [-0.05, 0) is 41.8 Å². The summed E-state index contributed by atoms with van der Waals surface area (Å²) in [6.07, 6.45) is 0.572. The molecule has 11 heteroatoms. The highest BCUT2D eigenvalue weighted by atomic mass is 32.2. The molecular formula is C23H30N4O6S. The van der Waals surface area contributed by atoms with Gasteiger partial charge in [-0.15, -0.1) is 4.83 Å². The lowest BCUT2D eigenvalue weighted by Gasteiger charge is -2.23. The van der Waals surface area contributed by atoms with E-state index in [-0.39, 0.29) is 12.6 Å². The second kappa shape index (κ2) is 10.7. The minimum absolute atomic E-state index is 0.100. The van der Waals surface area contributed by atoms with E-state index >= 15 is 0 Å². The summed E-state index contributed by atoms with van der Waals surface area (Å²) in [5.41, 5.74) is 1.85. The van der Waals surface area contributed by atoms with Crippen LogP contribution in [0.15, 0.2) is 48.5 Å². The number of sulfonamides is 1. The number of nitrogens with one attached hydrogen (secondary N) is 1. The molecule has 0 radical (unpaired) electrons. The highest BCUT2D eigenvalue weighted by Gasteiger charge is 2.40. The van der Waals surface area contributed by atoms with Gasteiger partial charge in [0.1, 0.15) is 17.3 Å². The lowest BCUT2D eigenvalue weighted by Crippen LogP contribution is -2.47. The Balaban J connectivity index is 1.80. The van der Waals surface area contributed by atoms with Gasteiger partial charge in [0, 0.05) is 20.6 Å². The summed E-state index contributed by atoms with van der Waals surface area (Å²) in [4.78, 5) is 30.2. The Morgan fingerprint density at radius 3 is 2.12 bits per heavy atom. The van der Waals surface area contributed by atoms with Crippen molar-refractivity contribution in [3.8, 4) is 11.5 Å². The van der Waals surface area contributed by atoms with Crippen molar-refractivity contribution < 1.29 is 27.5 Å². The predicted octanol–water partition coefficient (Wildman–Crippen LogP) is 1.65. The average Bonchev–Trinajstić information content (AvgIpc) is 3.12. The van der Waals surface area contributed by atoms with Crippen LogP contribution in [0.4, 0.5) is 4.79 Å². The topological polar surface area (TPSA) is 108 Å². The number of amides is 3. The van der Waals surface area contributed by atoms with Crippen molar-refractivity contribution >= 4 is 22.0 Å². The van der Waals surface area contributed by atoms with Gasteiger partial charge in [0.25, 0.3) is 0 Å². The van der Waals surface area contributed by atoms with Crippen LogP contribution in [-0.2, 0) is 21.2 Å². The van der Waals surface area contributed by atoms with E-state index in [1.54, 1.807) is 31.3 Å². The zero-order valence-electron chi connectivity index (χ0n) is 19.7. The van der Waals surface area contributed by atoms with Crippen LogP contribution < -0.4 is 14.3 Å². The summed E-state index contributed by atoms with van der Waals surface area (Å²) in [5, 5.41) is 1.06. The standard InChI is InChI=1S/C23H30N4O6S/c1-25(2)22(28)16-34(30,31)24-27-15-21(18-7-11-20(33-4)12-8-18)26(23(27)29)14-13-17-5-9-19(32-3)10-6-17/h5-12,21,24H,13-16H2,1-4H3. The molecule has 1 atom stereocenters. The van der Waals surface area contributed by atoms with E-state index in [2.05, 4.69) is 4.83 Å². The number of urea groups is 1. The second-order valence-electron chi connectivity index (χ2n) is 8.11. The number of carbonyl (C=O) groups is 2. The molecule has 3 rings (SSSR count). The number of rotatable bonds is 10. The summed E-state index contributed by atoms with van der Waals surface area (Å²) in [6.45, 7) is 0.472. The van der Waals surface area contributed by atoms with Crippen molar-refractivity contribution in [2.45, 2.75) is 12.5 Å². The average molecular weight is 491 g/mol. The molecule has 0 spiro atoms. The normalized spacial score (nSPS) is 16.0. The third-order valence-electron chi connectivity index (χ3n) is 5.57. The molecule has 2 aromatic carbocycles. The summed E-state index contributed by atoms with van der Waals surface area (Å²) >= 11 is 0. The molecule has 0 bridgehead atoms. The monoisotopic (exact) mass is 490 g/mol. The first-order chi connectivity index (χ1) is 16.1. The van der Waals surface area contributed by atoms with Crippen LogP contribution in [0.1, 0.15) is 17.2 Å². The molecule has 1 saturated heterocycles. The number of hydrazine groups is 1. The molecule has 10 nitrogen and oxygen atoms in total. The van der Waals surface area contributed by atoms with Crippen LogP contribution in [0.25, 0.3) is 0 Å². The second-order valence-corrected chi connectivity index (χ2v) is 9.81. The molecule has 34 heavy (non-hydrogen) atoms. The maximum atomic E-state index is 13.2. The van der Waals surface area contributed by atoms with Crippen LogP contribution in [0.2, 0.25) is 0 Å². The third-order valence-corrected chi connectivity index (χ3v) is 6.70. The van der Waals surface area contributed by atoms with Crippen molar-refractivity contribution in [2.24, 2.45) is 0 Å². The smallest absolute Gasteiger partial charge is 0.335 e. The fraction of sp³-hybridized carbons (Fsp3) is 0.391. The number of hydrogen-bond acceptors (Lipinski definition) is 6. The molecule has 2 aromatic rings. The summed E-state index contributed by atoms with van der Waals surface area (Å²) < 4.78 is 35.4. The van der Waals surface area contributed by atoms with Gasteiger partial charge >= 0.3 is 6.03 Å². The minimum Gasteiger partial charge on any atom is -0.497 e. The predicted molar refractivity (Wildman–Crippen MR) is 127 cm³/mol. The summed E-state index contributed by atoms with van der Waals surface area (Å²) in [5.74, 6) is 0.0906. The fourth-order valence-electron chi connectivity index (χ4n) is 3.61. The van der Waals surface area contributed by atoms with E-state index in [1.165, 1.54) is 19.0 Å². The van der Waals surface area contributed by atoms with Gasteiger partial charge in [-0.1, -0.05) is 24.3 Å². The maximum absolute atomic E-state index is 13.2. The van der Waals surface area contributed by atoms with E-state index in [1.807, 2.05) is 36.4 Å². The fourth-order valence-corrected chi connectivity index (χ4v) is 4.75. The van der Waals surface area contributed by atoms with Crippen LogP contribution in [0, 0.1) is 0 Å². The summed E-state index contributed by atoms with van der Waals surface area (Å²) in [7, 11) is 2.06. The molecule has 1 aliphatic heterocycles. The Morgan fingerprint density at radius 1 is 1.03 bits per heavy atom.